The first kappa shape index (κ1) is 22.1. The number of rotatable bonds is 8. The topological polar surface area (TPSA) is 58.4 Å². The van der Waals surface area contributed by atoms with Crippen LogP contribution in [0.2, 0.25) is 0 Å². The molecule has 5 nitrogen and oxygen atoms in total. The van der Waals surface area contributed by atoms with Gasteiger partial charge >= 0.3 is 0 Å². The fourth-order valence-electron chi connectivity index (χ4n) is 4.50. The number of carbonyl (C=O) groups is 1. The predicted molar refractivity (Wildman–Crippen MR) is 134 cm³/mol. The van der Waals surface area contributed by atoms with Gasteiger partial charge in [0.25, 0.3) is 0 Å². The van der Waals surface area contributed by atoms with Crippen molar-refractivity contribution >= 4 is 5.91 Å². The maximum Gasteiger partial charge on any atom is 0.226 e. The molecule has 0 bridgehead atoms. The van der Waals surface area contributed by atoms with Gasteiger partial charge in [0.1, 0.15) is 5.76 Å². The van der Waals surface area contributed by atoms with E-state index in [-0.39, 0.29) is 11.9 Å². The van der Waals surface area contributed by atoms with Crippen LogP contribution in [0, 0.1) is 6.92 Å². The molecule has 0 radical (unpaired) electrons. The standard InChI is InChI=1S/C29H29N3O2/c1-21-27(20-32(18-22-8-4-2-5-9-22)19-26-16-17-28(33)30-26)31-29(34-21)25-14-12-24(13-15-25)23-10-6-3-7-11-23/h2-15,26H,16-20H2,1H3,(H,30,33)/t26-/m0/s1. The van der Waals surface area contributed by atoms with E-state index < -0.39 is 0 Å². The van der Waals surface area contributed by atoms with Crippen molar-refractivity contribution in [2.45, 2.75) is 38.9 Å². The first-order valence-corrected chi connectivity index (χ1v) is 11.8. The lowest BCUT2D eigenvalue weighted by atomic mass is 10.0. The van der Waals surface area contributed by atoms with Gasteiger partial charge in [0, 0.05) is 37.7 Å². The fourth-order valence-corrected chi connectivity index (χ4v) is 4.50. The largest absolute Gasteiger partial charge is 0.441 e. The average molecular weight is 452 g/mol. The molecule has 1 fully saturated rings. The lowest BCUT2D eigenvalue weighted by molar-refractivity contribution is -0.119. The van der Waals surface area contributed by atoms with Crippen molar-refractivity contribution in [2.24, 2.45) is 0 Å². The van der Waals surface area contributed by atoms with Crippen molar-refractivity contribution in [1.29, 1.82) is 0 Å². The molecule has 0 spiro atoms. The van der Waals surface area contributed by atoms with Crippen LogP contribution in [-0.2, 0) is 17.9 Å². The van der Waals surface area contributed by atoms with Crippen molar-refractivity contribution in [3.63, 3.8) is 0 Å². The monoisotopic (exact) mass is 451 g/mol. The summed E-state index contributed by atoms with van der Waals surface area (Å²) in [6.45, 7) is 4.22. The van der Waals surface area contributed by atoms with Gasteiger partial charge in [-0.25, -0.2) is 4.98 Å². The molecule has 2 heterocycles. The summed E-state index contributed by atoms with van der Waals surface area (Å²) in [6.07, 6.45) is 1.48. The van der Waals surface area contributed by atoms with Gasteiger partial charge in [0.2, 0.25) is 11.8 Å². The summed E-state index contributed by atoms with van der Waals surface area (Å²) in [5.41, 5.74) is 5.49. The van der Waals surface area contributed by atoms with Gasteiger partial charge in [-0.15, -0.1) is 0 Å². The van der Waals surface area contributed by atoms with E-state index in [4.69, 9.17) is 9.40 Å². The molecular formula is C29H29N3O2. The second-order valence-electron chi connectivity index (χ2n) is 8.92. The molecule has 1 amide bonds. The molecule has 5 rings (SSSR count). The van der Waals surface area contributed by atoms with Gasteiger partial charge in [-0.3, -0.25) is 9.69 Å². The lowest BCUT2D eigenvalue weighted by Crippen LogP contribution is -2.38. The molecule has 1 aliphatic heterocycles. The van der Waals surface area contributed by atoms with Gasteiger partial charge in [-0.1, -0.05) is 72.8 Å². The molecular weight excluding hydrogens is 422 g/mol. The maximum atomic E-state index is 11.7. The molecule has 172 valence electrons. The highest BCUT2D eigenvalue weighted by atomic mass is 16.4. The zero-order chi connectivity index (χ0) is 23.3. The van der Waals surface area contributed by atoms with Gasteiger partial charge < -0.3 is 9.73 Å². The number of nitrogens with one attached hydrogen (secondary N) is 1. The fraction of sp³-hybridized carbons (Fsp3) is 0.241. The number of nitrogens with zero attached hydrogens (tertiary/aromatic N) is 2. The van der Waals surface area contributed by atoms with Crippen LogP contribution in [0.25, 0.3) is 22.6 Å². The third-order valence-corrected chi connectivity index (χ3v) is 6.32. The first-order chi connectivity index (χ1) is 16.6. The Morgan fingerprint density at radius 2 is 1.53 bits per heavy atom. The number of oxazole rings is 1. The molecule has 1 aliphatic rings. The van der Waals surface area contributed by atoms with Crippen molar-refractivity contribution in [2.75, 3.05) is 6.54 Å². The van der Waals surface area contributed by atoms with Gasteiger partial charge in [-0.2, -0.15) is 0 Å². The highest BCUT2D eigenvalue weighted by Gasteiger charge is 2.24. The summed E-state index contributed by atoms with van der Waals surface area (Å²) < 4.78 is 6.08. The molecule has 1 atom stereocenters. The maximum absolute atomic E-state index is 11.7. The normalized spacial score (nSPS) is 15.6. The second-order valence-corrected chi connectivity index (χ2v) is 8.92. The van der Waals surface area contributed by atoms with E-state index in [2.05, 4.69) is 70.9 Å². The number of benzene rings is 3. The van der Waals surface area contributed by atoms with E-state index in [0.717, 1.165) is 36.5 Å². The number of carbonyl (C=O) groups excluding carboxylic acids is 1. The van der Waals surface area contributed by atoms with Gasteiger partial charge in [0.15, 0.2) is 0 Å². The highest BCUT2D eigenvalue weighted by molar-refractivity contribution is 5.78. The summed E-state index contributed by atoms with van der Waals surface area (Å²) in [7, 11) is 0. The van der Waals surface area contributed by atoms with Crippen LogP contribution in [0.4, 0.5) is 0 Å². The van der Waals surface area contributed by atoms with Crippen molar-refractivity contribution in [3.8, 4) is 22.6 Å². The van der Waals surface area contributed by atoms with Crippen LogP contribution in [0.5, 0.6) is 0 Å². The molecule has 1 saturated heterocycles. The smallest absolute Gasteiger partial charge is 0.226 e. The Bertz CT molecular complexity index is 1230. The number of amides is 1. The van der Waals surface area contributed by atoms with Crippen molar-refractivity contribution in [3.05, 3.63) is 102 Å². The van der Waals surface area contributed by atoms with E-state index >= 15 is 0 Å². The molecule has 0 aliphatic carbocycles. The molecule has 0 unspecified atom stereocenters. The van der Waals surface area contributed by atoms with Crippen LogP contribution in [-0.4, -0.2) is 28.4 Å². The summed E-state index contributed by atoms with van der Waals surface area (Å²) in [6, 6.07) is 29.3. The van der Waals surface area contributed by atoms with E-state index in [1.54, 1.807) is 0 Å². The van der Waals surface area contributed by atoms with Crippen molar-refractivity contribution < 1.29 is 9.21 Å². The Hall–Kier alpha value is -3.70. The number of aromatic nitrogens is 1. The van der Waals surface area contributed by atoms with Crippen LogP contribution in [0.1, 0.15) is 29.9 Å². The molecule has 0 saturated carbocycles. The van der Waals surface area contributed by atoms with Crippen molar-refractivity contribution in [1.82, 2.24) is 15.2 Å². The molecule has 4 aromatic rings. The predicted octanol–water partition coefficient (Wildman–Crippen LogP) is 5.60. The van der Waals surface area contributed by atoms with Crippen LogP contribution < -0.4 is 5.32 Å². The van der Waals surface area contributed by atoms with Gasteiger partial charge in [-0.05, 0) is 42.2 Å². The first-order valence-electron chi connectivity index (χ1n) is 11.8. The minimum atomic E-state index is 0.142. The molecule has 1 N–H and O–H groups in total. The van der Waals surface area contributed by atoms with Crippen LogP contribution in [0.15, 0.2) is 89.3 Å². The van der Waals surface area contributed by atoms with E-state index in [9.17, 15) is 4.79 Å². The summed E-state index contributed by atoms with van der Waals surface area (Å²) in [5.74, 6) is 1.61. The van der Waals surface area contributed by atoms with E-state index in [0.29, 0.717) is 18.9 Å². The van der Waals surface area contributed by atoms with Crippen LogP contribution >= 0.6 is 0 Å². The average Bonchev–Trinajstić information content (AvgIpc) is 3.45. The van der Waals surface area contributed by atoms with E-state index in [1.807, 2.05) is 31.2 Å². The second kappa shape index (κ2) is 10.1. The minimum absolute atomic E-state index is 0.142. The highest BCUT2D eigenvalue weighted by Crippen LogP contribution is 2.27. The third kappa shape index (κ3) is 5.26. The SMILES string of the molecule is Cc1oc(-c2ccc(-c3ccccc3)cc2)nc1CN(Cc1ccccc1)C[C@@H]1CCC(=O)N1. The van der Waals surface area contributed by atoms with Gasteiger partial charge in [0.05, 0.1) is 5.69 Å². The molecule has 34 heavy (non-hydrogen) atoms. The number of hydrogen-bond donors (Lipinski definition) is 1. The number of aryl methyl sites for hydroxylation is 1. The lowest BCUT2D eigenvalue weighted by Gasteiger charge is -2.25. The van der Waals surface area contributed by atoms with E-state index in [1.165, 1.54) is 16.7 Å². The molecule has 5 heteroatoms. The summed E-state index contributed by atoms with van der Waals surface area (Å²) >= 11 is 0. The summed E-state index contributed by atoms with van der Waals surface area (Å²) in [4.78, 5) is 18.9. The Labute approximate surface area is 200 Å². The Morgan fingerprint density at radius 3 is 2.21 bits per heavy atom. The third-order valence-electron chi connectivity index (χ3n) is 6.32. The minimum Gasteiger partial charge on any atom is -0.441 e. The zero-order valence-corrected chi connectivity index (χ0v) is 19.4. The Balaban J connectivity index is 1.34. The molecule has 3 aromatic carbocycles. The molecule has 1 aromatic heterocycles. The zero-order valence-electron chi connectivity index (χ0n) is 19.4. The van der Waals surface area contributed by atoms with Crippen LogP contribution in [0.3, 0.4) is 0 Å². The summed E-state index contributed by atoms with van der Waals surface area (Å²) in [5, 5.41) is 3.10. The Morgan fingerprint density at radius 1 is 0.882 bits per heavy atom. The number of hydrogen-bond acceptors (Lipinski definition) is 4. The Kier molecular flexibility index (Phi) is 6.54. The quantitative estimate of drug-likeness (QED) is 0.379.